The van der Waals surface area contributed by atoms with Gasteiger partial charge in [-0.1, -0.05) is 13.3 Å². The SMILES string of the molecule is CCC1CCCN(C(C)(C)CNC(=O)C(C)NS(C)(=O)=O)C1. The quantitative estimate of drug-likeness (QED) is 0.727. The smallest absolute Gasteiger partial charge is 0.237 e. The molecule has 0 aromatic heterocycles. The molecule has 1 aliphatic heterocycles. The van der Waals surface area contributed by atoms with Crippen molar-refractivity contribution in [2.45, 2.75) is 58.5 Å². The van der Waals surface area contributed by atoms with Crippen LogP contribution in [0, 0.1) is 5.92 Å². The number of carbonyl (C=O) groups is 1. The monoisotopic (exact) mass is 333 g/mol. The third kappa shape index (κ3) is 6.22. The molecule has 1 amide bonds. The van der Waals surface area contributed by atoms with Crippen molar-refractivity contribution in [3.05, 3.63) is 0 Å². The van der Waals surface area contributed by atoms with Gasteiger partial charge in [0, 0.05) is 18.6 Å². The molecule has 0 aliphatic carbocycles. The van der Waals surface area contributed by atoms with Gasteiger partial charge in [0.25, 0.3) is 0 Å². The maximum atomic E-state index is 12.0. The number of rotatable bonds is 7. The fourth-order valence-electron chi connectivity index (χ4n) is 2.89. The van der Waals surface area contributed by atoms with E-state index in [0.717, 1.165) is 25.3 Å². The second-order valence-corrected chi connectivity index (χ2v) is 8.78. The first-order valence-electron chi connectivity index (χ1n) is 8.05. The summed E-state index contributed by atoms with van der Waals surface area (Å²) in [4.78, 5) is 14.4. The lowest BCUT2D eigenvalue weighted by atomic mass is 9.91. The first-order chi connectivity index (χ1) is 10.0. The van der Waals surface area contributed by atoms with Gasteiger partial charge in [0.05, 0.1) is 12.3 Å². The summed E-state index contributed by atoms with van der Waals surface area (Å²) in [5.41, 5.74) is -0.131. The topological polar surface area (TPSA) is 78.5 Å². The van der Waals surface area contributed by atoms with Crippen molar-refractivity contribution in [2.24, 2.45) is 5.92 Å². The molecule has 1 rings (SSSR count). The van der Waals surface area contributed by atoms with E-state index in [4.69, 9.17) is 0 Å². The maximum absolute atomic E-state index is 12.0. The molecule has 1 aliphatic rings. The van der Waals surface area contributed by atoms with E-state index in [-0.39, 0.29) is 11.4 Å². The van der Waals surface area contributed by atoms with Crippen molar-refractivity contribution in [1.29, 1.82) is 0 Å². The number of amides is 1. The van der Waals surface area contributed by atoms with Crippen molar-refractivity contribution in [3.63, 3.8) is 0 Å². The van der Waals surface area contributed by atoms with Gasteiger partial charge in [-0.05, 0) is 46.1 Å². The first kappa shape index (κ1) is 19.4. The number of sulfonamides is 1. The van der Waals surface area contributed by atoms with Crippen molar-refractivity contribution in [3.8, 4) is 0 Å². The number of nitrogens with zero attached hydrogens (tertiary/aromatic N) is 1. The lowest BCUT2D eigenvalue weighted by Gasteiger charge is -2.43. The standard InChI is InChI=1S/C15H31N3O3S/c1-6-13-8-7-9-18(10-13)15(3,4)11-16-14(19)12(2)17-22(5,20)21/h12-13,17H,6-11H2,1-5H3,(H,16,19). The Morgan fingerprint density at radius 1 is 1.41 bits per heavy atom. The molecular formula is C15H31N3O3S. The van der Waals surface area contributed by atoms with Crippen LogP contribution in [0.2, 0.25) is 0 Å². The van der Waals surface area contributed by atoms with E-state index < -0.39 is 16.1 Å². The number of hydrogen-bond acceptors (Lipinski definition) is 4. The summed E-state index contributed by atoms with van der Waals surface area (Å²) in [6.07, 6.45) is 4.72. The van der Waals surface area contributed by atoms with Crippen LogP contribution in [0.3, 0.4) is 0 Å². The highest BCUT2D eigenvalue weighted by Gasteiger charge is 2.31. The first-order valence-corrected chi connectivity index (χ1v) is 9.94. The van der Waals surface area contributed by atoms with E-state index in [9.17, 15) is 13.2 Å². The van der Waals surface area contributed by atoms with Crippen LogP contribution < -0.4 is 10.0 Å². The minimum atomic E-state index is -3.37. The van der Waals surface area contributed by atoms with Crippen LogP contribution in [0.1, 0.15) is 47.0 Å². The van der Waals surface area contributed by atoms with Crippen LogP contribution in [0.4, 0.5) is 0 Å². The summed E-state index contributed by atoms with van der Waals surface area (Å²) in [7, 11) is -3.37. The van der Waals surface area contributed by atoms with Crippen molar-refractivity contribution >= 4 is 15.9 Å². The average Bonchev–Trinajstić information content (AvgIpc) is 2.43. The normalized spacial score (nSPS) is 22.3. The fraction of sp³-hybridized carbons (Fsp3) is 0.933. The number of likely N-dealkylation sites (tertiary alicyclic amines) is 1. The zero-order valence-corrected chi connectivity index (χ0v) is 15.3. The number of hydrogen-bond donors (Lipinski definition) is 2. The predicted octanol–water partition coefficient (Wildman–Crippen LogP) is 0.941. The Hall–Kier alpha value is -0.660. The van der Waals surface area contributed by atoms with E-state index in [1.54, 1.807) is 6.92 Å². The molecule has 0 aromatic rings. The van der Waals surface area contributed by atoms with E-state index in [2.05, 4.69) is 35.7 Å². The van der Waals surface area contributed by atoms with Gasteiger partial charge in [0.15, 0.2) is 0 Å². The Labute approximate surface area is 135 Å². The third-order valence-electron chi connectivity index (χ3n) is 4.43. The molecule has 2 atom stereocenters. The highest BCUT2D eigenvalue weighted by molar-refractivity contribution is 7.88. The second-order valence-electron chi connectivity index (χ2n) is 7.00. The molecule has 1 heterocycles. The van der Waals surface area contributed by atoms with Gasteiger partial charge in [0.2, 0.25) is 15.9 Å². The van der Waals surface area contributed by atoms with Gasteiger partial charge in [-0.3, -0.25) is 9.69 Å². The van der Waals surface area contributed by atoms with Crippen molar-refractivity contribution < 1.29 is 13.2 Å². The van der Waals surface area contributed by atoms with Crippen LogP contribution in [0.15, 0.2) is 0 Å². The Kier molecular flexibility index (Phi) is 6.83. The van der Waals surface area contributed by atoms with E-state index in [1.807, 2.05) is 0 Å². The number of nitrogens with one attached hydrogen (secondary N) is 2. The van der Waals surface area contributed by atoms with Gasteiger partial charge in [-0.2, -0.15) is 0 Å². The number of piperidine rings is 1. The minimum absolute atomic E-state index is 0.131. The maximum Gasteiger partial charge on any atom is 0.237 e. The average molecular weight is 333 g/mol. The lowest BCUT2D eigenvalue weighted by Crippen LogP contribution is -2.56. The van der Waals surface area contributed by atoms with Crippen LogP contribution in [0.25, 0.3) is 0 Å². The second kappa shape index (κ2) is 7.75. The lowest BCUT2D eigenvalue weighted by molar-refractivity contribution is -0.123. The van der Waals surface area contributed by atoms with Crippen LogP contribution in [-0.4, -0.2) is 56.7 Å². The molecule has 2 N–H and O–H groups in total. The summed E-state index contributed by atoms with van der Waals surface area (Å²) < 4.78 is 24.6. The molecule has 0 saturated carbocycles. The Morgan fingerprint density at radius 2 is 2.05 bits per heavy atom. The molecule has 0 aromatic carbocycles. The van der Waals surface area contributed by atoms with Crippen LogP contribution in [0.5, 0.6) is 0 Å². The molecule has 0 radical (unpaired) electrons. The van der Waals surface area contributed by atoms with E-state index in [1.165, 1.54) is 19.3 Å². The van der Waals surface area contributed by atoms with E-state index >= 15 is 0 Å². The summed E-state index contributed by atoms with van der Waals surface area (Å²) in [6.45, 7) is 10.7. The summed E-state index contributed by atoms with van der Waals surface area (Å²) in [5.74, 6) is 0.442. The molecular weight excluding hydrogens is 302 g/mol. The van der Waals surface area contributed by atoms with Crippen LogP contribution in [-0.2, 0) is 14.8 Å². The molecule has 130 valence electrons. The zero-order chi connectivity index (χ0) is 17.0. The molecule has 6 nitrogen and oxygen atoms in total. The van der Waals surface area contributed by atoms with E-state index in [0.29, 0.717) is 6.54 Å². The predicted molar refractivity (Wildman–Crippen MR) is 89.1 cm³/mol. The largest absolute Gasteiger partial charge is 0.353 e. The molecule has 22 heavy (non-hydrogen) atoms. The fourth-order valence-corrected chi connectivity index (χ4v) is 3.64. The van der Waals surface area contributed by atoms with Gasteiger partial charge in [-0.25, -0.2) is 13.1 Å². The molecule has 0 bridgehead atoms. The highest BCUT2D eigenvalue weighted by Crippen LogP contribution is 2.25. The van der Waals surface area contributed by atoms with Gasteiger partial charge in [-0.15, -0.1) is 0 Å². The Morgan fingerprint density at radius 3 is 2.59 bits per heavy atom. The highest BCUT2D eigenvalue weighted by atomic mass is 32.2. The van der Waals surface area contributed by atoms with Crippen molar-refractivity contribution in [2.75, 3.05) is 25.9 Å². The zero-order valence-electron chi connectivity index (χ0n) is 14.5. The molecule has 1 fully saturated rings. The van der Waals surface area contributed by atoms with Gasteiger partial charge >= 0.3 is 0 Å². The molecule has 2 unspecified atom stereocenters. The Balaban J connectivity index is 2.52. The van der Waals surface area contributed by atoms with Crippen molar-refractivity contribution in [1.82, 2.24) is 14.9 Å². The minimum Gasteiger partial charge on any atom is -0.353 e. The molecule has 0 spiro atoms. The summed E-state index contributed by atoms with van der Waals surface area (Å²) >= 11 is 0. The van der Waals surface area contributed by atoms with Crippen LogP contribution >= 0.6 is 0 Å². The summed E-state index contributed by atoms with van der Waals surface area (Å²) in [5, 5.41) is 2.87. The third-order valence-corrected chi connectivity index (χ3v) is 5.21. The molecule has 7 heteroatoms. The van der Waals surface area contributed by atoms with Gasteiger partial charge in [0.1, 0.15) is 0 Å². The molecule has 1 saturated heterocycles. The summed E-state index contributed by atoms with van der Waals surface area (Å²) in [6, 6.07) is -0.754. The Bertz CT molecular complexity index is 476. The van der Waals surface area contributed by atoms with Gasteiger partial charge < -0.3 is 5.32 Å². The number of carbonyl (C=O) groups excluding carboxylic acids is 1.